The first-order valence-corrected chi connectivity index (χ1v) is 11.1. The van der Waals surface area contributed by atoms with E-state index in [1.165, 1.54) is 5.56 Å². The zero-order valence-corrected chi connectivity index (χ0v) is 16.4. The Morgan fingerprint density at radius 2 is 1.78 bits per heavy atom. The van der Waals surface area contributed by atoms with Gasteiger partial charge in [0.05, 0.1) is 5.75 Å². The van der Waals surface area contributed by atoms with Crippen LogP contribution in [0.1, 0.15) is 48.0 Å². The molecule has 0 saturated carbocycles. The van der Waals surface area contributed by atoms with E-state index in [9.17, 15) is 13.2 Å². The van der Waals surface area contributed by atoms with Crippen molar-refractivity contribution in [2.24, 2.45) is 0 Å². The molecule has 1 aliphatic heterocycles. The zero-order chi connectivity index (χ0) is 19.3. The van der Waals surface area contributed by atoms with Crippen LogP contribution in [0, 0.1) is 0 Å². The van der Waals surface area contributed by atoms with E-state index in [0.717, 1.165) is 12.8 Å². The van der Waals surface area contributed by atoms with Gasteiger partial charge in [-0.3, -0.25) is 9.52 Å². The number of nitrogens with zero attached hydrogens (tertiary/aromatic N) is 1. The largest absolute Gasteiger partial charge is 0.339 e. The van der Waals surface area contributed by atoms with E-state index in [0.29, 0.717) is 36.7 Å². The maximum Gasteiger partial charge on any atom is 0.253 e. The van der Waals surface area contributed by atoms with Gasteiger partial charge in [-0.1, -0.05) is 43.3 Å². The zero-order valence-electron chi connectivity index (χ0n) is 15.6. The van der Waals surface area contributed by atoms with E-state index in [4.69, 9.17) is 0 Å². The molecule has 0 aliphatic carbocycles. The van der Waals surface area contributed by atoms with E-state index >= 15 is 0 Å². The van der Waals surface area contributed by atoms with Crippen LogP contribution < -0.4 is 4.72 Å². The number of anilines is 1. The van der Waals surface area contributed by atoms with Crippen LogP contribution in [0.2, 0.25) is 0 Å². The smallest absolute Gasteiger partial charge is 0.253 e. The molecule has 1 fully saturated rings. The highest BCUT2D eigenvalue weighted by Crippen LogP contribution is 2.28. The minimum absolute atomic E-state index is 0.0435. The predicted molar refractivity (Wildman–Crippen MR) is 108 cm³/mol. The molecule has 6 heteroatoms. The van der Waals surface area contributed by atoms with Crippen LogP contribution in [0.5, 0.6) is 0 Å². The number of hydrogen-bond acceptors (Lipinski definition) is 3. The Labute approximate surface area is 161 Å². The molecule has 2 aromatic rings. The second-order valence-corrected chi connectivity index (χ2v) is 8.82. The molecule has 1 saturated heterocycles. The molecule has 1 aliphatic rings. The third-order valence-electron chi connectivity index (χ3n) is 4.91. The van der Waals surface area contributed by atoms with Gasteiger partial charge in [-0.2, -0.15) is 0 Å². The fourth-order valence-corrected chi connectivity index (χ4v) is 4.66. The molecule has 0 unspecified atom stereocenters. The van der Waals surface area contributed by atoms with Crippen LogP contribution in [0.25, 0.3) is 0 Å². The molecular weight excluding hydrogens is 360 g/mol. The summed E-state index contributed by atoms with van der Waals surface area (Å²) in [6, 6.07) is 17.2. The molecule has 5 nitrogen and oxygen atoms in total. The van der Waals surface area contributed by atoms with Gasteiger partial charge in [-0.15, -0.1) is 0 Å². The van der Waals surface area contributed by atoms with Crippen LogP contribution in [-0.4, -0.2) is 38.1 Å². The van der Waals surface area contributed by atoms with Crippen molar-refractivity contribution < 1.29 is 13.2 Å². The standard InChI is InChI=1S/C21H26N2O3S/c1-2-15-27(25,26)22-20-10-6-9-19(16-20)21(24)23-13-11-18(12-14-23)17-7-4-3-5-8-17/h3-10,16,18,22H,2,11-15H2,1H3. The average Bonchev–Trinajstić information content (AvgIpc) is 2.68. The lowest BCUT2D eigenvalue weighted by molar-refractivity contribution is 0.0713. The summed E-state index contributed by atoms with van der Waals surface area (Å²) in [5.41, 5.74) is 2.29. The summed E-state index contributed by atoms with van der Waals surface area (Å²) in [6.07, 6.45) is 2.43. The molecule has 0 spiro atoms. The summed E-state index contributed by atoms with van der Waals surface area (Å²) in [4.78, 5) is 14.7. The summed E-state index contributed by atoms with van der Waals surface area (Å²) in [5.74, 6) is 0.513. The van der Waals surface area contributed by atoms with Crippen LogP contribution in [0.4, 0.5) is 5.69 Å². The van der Waals surface area contributed by atoms with E-state index in [2.05, 4.69) is 29.0 Å². The molecular formula is C21H26N2O3S. The van der Waals surface area contributed by atoms with Gasteiger partial charge in [-0.05, 0) is 48.9 Å². The van der Waals surface area contributed by atoms with Gasteiger partial charge in [0, 0.05) is 24.3 Å². The Hall–Kier alpha value is -2.34. The normalized spacial score (nSPS) is 15.5. The molecule has 27 heavy (non-hydrogen) atoms. The Balaban J connectivity index is 1.64. The highest BCUT2D eigenvalue weighted by Gasteiger charge is 2.24. The van der Waals surface area contributed by atoms with Crippen LogP contribution in [0.15, 0.2) is 54.6 Å². The lowest BCUT2D eigenvalue weighted by atomic mass is 9.89. The van der Waals surface area contributed by atoms with Gasteiger partial charge in [0.25, 0.3) is 5.91 Å². The van der Waals surface area contributed by atoms with Crippen molar-refractivity contribution in [3.8, 4) is 0 Å². The SMILES string of the molecule is CCCS(=O)(=O)Nc1cccc(C(=O)N2CCC(c3ccccc3)CC2)c1. The number of piperidine rings is 1. The molecule has 144 valence electrons. The van der Waals surface area contributed by atoms with Crippen molar-refractivity contribution >= 4 is 21.6 Å². The van der Waals surface area contributed by atoms with Crippen LogP contribution in [-0.2, 0) is 10.0 Å². The van der Waals surface area contributed by atoms with Crippen LogP contribution in [0.3, 0.4) is 0 Å². The number of benzene rings is 2. The second-order valence-electron chi connectivity index (χ2n) is 6.98. The first-order valence-electron chi connectivity index (χ1n) is 9.43. The van der Waals surface area contributed by atoms with Crippen molar-refractivity contribution in [1.82, 2.24) is 4.90 Å². The number of hydrogen-bond donors (Lipinski definition) is 1. The summed E-state index contributed by atoms with van der Waals surface area (Å²) in [5, 5.41) is 0. The van der Waals surface area contributed by atoms with Crippen molar-refractivity contribution in [2.45, 2.75) is 32.1 Å². The lowest BCUT2D eigenvalue weighted by Crippen LogP contribution is -2.37. The highest BCUT2D eigenvalue weighted by molar-refractivity contribution is 7.92. The molecule has 0 bridgehead atoms. The summed E-state index contributed by atoms with van der Waals surface area (Å²) in [7, 11) is -3.36. The number of amides is 1. The summed E-state index contributed by atoms with van der Waals surface area (Å²) < 4.78 is 26.4. The quantitative estimate of drug-likeness (QED) is 0.820. The average molecular weight is 387 g/mol. The summed E-state index contributed by atoms with van der Waals surface area (Å²) >= 11 is 0. The van der Waals surface area contributed by atoms with Gasteiger partial charge in [0.2, 0.25) is 10.0 Å². The minimum atomic E-state index is -3.36. The Morgan fingerprint density at radius 3 is 2.44 bits per heavy atom. The van der Waals surface area contributed by atoms with E-state index < -0.39 is 10.0 Å². The number of carbonyl (C=O) groups is 1. The number of likely N-dealkylation sites (tertiary alicyclic amines) is 1. The minimum Gasteiger partial charge on any atom is -0.339 e. The first-order chi connectivity index (χ1) is 13.0. The monoisotopic (exact) mass is 386 g/mol. The van der Waals surface area contributed by atoms with Gasteiger partial charge in [0.15, 0.2) is 0 Å². The Morgan fingerprint density at radius 1 is 1.07 bits per heavy atom. The molecule has 0 radical (unpaired) electrons. The number of rotatable bonds is 6. The van der Waals surface area contributed by atoms with Crippen molar-refractivity contribution in [2.75, 3.05) is 23.6 Å². The van der Waals surface area contributed by atoms with Crippen LogP contribution >= 0.6 is 0 Å². The van der Waals surface area contributed by atoms with Crippen molar-refractivity contribution in [1.29, 1.82) is 0 Å². The lowest BCUT2D eigenvalue weighted by Gasteiger charge is -2.32. The topological polar surface area (TPSA) is 66.5 Å². The molecule has 1 heterocycles. The van der Waals surface area contributed by atoms with Gasteiger partial charge in [-0.25, -0.2) is 8.42 Å². The third kappa shape index (κ3) is 5.10. The highest BCUT2D eigenvalue weighted by atomic mass is 32.2. The van der Waals surface area contributed by atoms with Gasteiger partial charge in [0.1, 0.15) is 0 Å². The first kappa shape index (κ1) is 19.4. The number of carbonyl (C=O) groups excluding carboxylic acids is 1. The van der Waals surface area contributed by atoms with Gasteiger partial charge >= 0.3 is 0 Å². The maximum absolute atomic E-state index is 12.8. The molecule has 2 aromatic carbocycles. The fraction of sp³-hybridized carbons (Fsp3) is 0.381. The molecule has 0 aromatic heterocycles. The van der Waals surface area contributed by atoms with Gasteiger partial charge < -0.3 is 4.90 Å². The molecule has 3 rings (SSSR count). The molecule has 1 N–H and O–H groups in total. The third-order valence-corrected chi connectivity index (χ3v) is 6.40. The molecule has 1 amide bonds. The predicted octanol–water partition coefficient (Wildman–Crippen LogP) is 3.86. The van der Waals surface area contributed by atoms with Crippen molar-refractivity contribution in [3.05, 3.63) is 65.7 Å². The molecule has 0 atom stereocenters. The summed E-state index contributed by atoms with van der Waals surface area (Å²) in [6.45, 7) is 3.24. The Bertz CT molecular complexity index is 873. The van der Waals surface area contributed by atoms with Crippen molar-refractivity contribution in [3.63, 3.8) is 0 Å². The Kier molecular flexibility index (Phi) is 6.16. The second kappa shape index (κ2) is 8.57. The number of sulfonamides is 1. The van der Waals surface area contributed by atoms with E-state index in [1.807, 2.05) is 17.9 Å². The van der Waals surface area contributed by atoms with E-state index in [-0.39, 0.29) is 11.7 Å². The fourth-order valence-electron chi connectivity index (χ4n) is 3.54. The maximum atomic E-state index is 12.8. The van der Waals surface area contributed by atoms with E-state index in [1.54, 1.807) is 24.3 Å². The number of nitrogens with one attached hydrogen (secondary N) is 1.